The average molecular weight is 313 g/mol. The molecule has 1 radical (unpaired) electrons. The molecule has 3 rings (SSSR count). The summed E-state index contributed by atoms with van der Waals surface area (Å²) in [6.07, 6.45) is 7.64. The van der Waals surface area contributed by atoms with Crippen LogP contribution in [0.2, 0.25) is 0 Å². The predicted molar refractivity (Wildman–Crippen MR) is 83.1 cm³/mol. The van der Waals surface area contributed by atoms with Gasteiger partial charge in [0.1, 0.15) is 17.6 Å². The van der Waals surface area contributed by atoms with Crippen LogP contribution >= 0.6 is 11.5 Å². The molecule has 7 nitrogen and oxygen atoms in total. The second-order valence-corrected chi connectivity index (χ2v) is 5.36. The Hall–Kier alpha value is -2.61. The van der Waals surface area contributed by atoms with E-state index in [1.165, 1.54) is 11.5 Å². The number of nitrogens with zero attached hydrogens (tertiary/aromatic N) is 5. The van der Waals surface area contributed by atoms with Crippen LogP contribution in [0.1, 0.15) is 13.8 Å². The van der Waals surface area contributed by atoms with Crippen molar-refractivity contribution in [3.63, 3.8) is 0 Å². The quantitative estimate of drug-likeness (QED) is 0.775. The summed E-state index contributed by atoms with van der Waals surface area (Å²) >= 11 is 1.22. The fraction of sp³-hybridized carbons (Fsp3) is 0.214. The number of anilines is 2. The van der Waals surface area contributed by atoms with Gasteiger partial charge >= 0.3 is 0 Å². The van der Waals surface area contributed by atoms with Crippen LogP contribution in [0.5, 0.6) is 5.75 Å². The lowest BCUT2D eigenvalue weighted by atomic mass is 10.3. The minimum atomic E-state index is 0.115. The molecular formula is C14H13N6OS. The highest BCUT2D eigenvalue weighted by Gasteiger charge is 2.09. The molecule has 0 aromatic carbocycles. The van der Waals surface area contributed by atoms with Gasteiger partial charge in [-0.15, -0.1) is 0 Å². The van der Waals surface area contributed by atoms with Crippen molar-refractivity contribution in [1.82, 2.24) is 24.3 Å². The van der Waals surface area contributed by atoms with E-state index in [1.807, 2.05) is 26.0 Å². The van der Waals surface area contributed by atoms with Crippen LogP contribution < -0.4 is 10.1 Å². The first-order valence-electron chi connectivity index (χ1n) is 6.63. The minimum absolute atomic E-state index is 0.115. The molecule has 1 N–H and O–H groups in total. The highest BCUT2D eigenvalue weighted by atomic mass is 32.1. The average Bonchev–Trinajstić information content (AvgIpc) is 2.97. The third-order valence-corrected chi connectivity index (χ3v) is 3.13. The van der Waals surface area contributed by atoms with E-state index in [0.29, 0.717) is 22.5 Å². The van der Waals surface area contributed by atoms with Gasteiger partial charge in [0.25, 0.3) is 0 Å². The Balaban J connectivity index is 1.73. The standard InChI is InChI=1S/C14H13N6OS/c1-9(2)21-10-3-4-11(17-7-10)13-19-14(22-20-13)18-12-8-15-5-6-16-12/h3-7,9H,1-2H3,(H,16,18,19,20). The summed E-state index contributed by atoms with van der Waals surface area (Å²) < 4.78 is 9.83. The van der Waals surface area contributed by atoms with Gasteiger partial charge in [-0.2, -0.15) is 9.36 Å². The topological polar surface area (TPSA) is 85.7 Å². The predicted octanol–water partition coefficient (Wildman–Crippen LogP) is 2.72. The third-order valence-electron chi connectivity index (χ3n) is 2.50. The molecule has 8 heteroatoms. The molecule has 0 amide bonds. The molecule has 0 spiro atoms. The maximum absolute atomic E-state index is 5.56. The van der Waals surface area contributed by atoms with Gasteiger partial charge in [0.15, 0.2) is 11.6 Å². The van der Waals surface area contributed by atoms with Crippen LogP contribution in [0.25, 0.3) is 11.5 Å². The highest BCUT2D eigenvalue weighted by molar-refractivity contribution is 7.09. The van der Waals surface area contributed by atoms with Crippen LogP contribution in [-0.2, 0) is 0 Å². The first-order chi connectivity index (χ1) is 10.7. The van der Waals surface area contributed by atoms with Crippen molar-refractivity contribution >= 4 is 22.5 Å². The van der Waals surface area contributed by atoms with Crippen LogP contribution in [0.3, 0.4) is 0 Å². The van der Waals surface area contributed by atoms with E-state index in [1.54, 1.807) is 18.6 Å². The van der Waals surface area contributed by atoms with Crippen molar-refractivity contribution in [2.75, 3.05) is 5.32 Å². The van der Waals surface area contributed by atoms with Crippen LogP contribution in [0.4, 0.5) is 10.9 Å². The molecule has 0 unspecified atom stereocenters. The Morgan fingerprint density at radius 3 is 2.82 bits per heavy atom. The first-order valence-corrected chi connectivity index (χ1v) is 7.40. The summed E-state index contributed by atoms with van der Waals surface area (Å²) in [6, 6.07) is 3.69. The summed E-state index contributed by atoms with van der Waals surface area (Å²) in [5.74, 6) is 1.77. The number of nitrogens with one attached hydrogen (secondary N) is 1. The molecule has 0 aliphatic rings. The second-order valence-electron chi connectivity index (χ2n) is 4.61. The van der Waals surface area contributed by atoms with E-state index in [0.717, 1.165) is 5.75 Å². The van der Waals surface area contributed by atoms with Gasteiger partial charge in [-0.3, -0.25) is 0 Å². The van der Waals surface area contributed by atoms with Crippen molar-refractivity contribution in [3.05, 3.63) is 36.9 Å². The Morgan fingerprint density at radius 2 is 2.14 bits per heavy atom. The highest BCUT2D eigenvalue weighted by Crippen LogP contribution is 2.23. The van der Waals surface area contributed by atoms with Gasteiger partial charge in [-0.05, 0) is 26.0 Å². The lowest BCUT2D eigenvalue weighted by Crippen LogP contribution is -2.05. The van der Waals surface area contributed by atoms with Crippen LogP contribution in [0, 0.1) is 6.20 Å². The van der Waals surface area contributed by atoms with Crippen molar-refractivity contribution in [1.29, 1.82) is 0 Å². The van der Waals surface area contributed by atoms with E-state index in [2.05, 4.69) is 35.8 Å². The minimum Gasteiger partial charge on any atom is -0.489 e. The Morgan fingerprint density at radius 1 is 1.23 bits per heavy atom. The van der Waals surface area contributed by atoms with Crippen molar-refractivity contribution < 1.29 is 4.74 Å². The smallest absolute Gasteiger partial charge is 0.208 e. The van der Waals surface area contributed by atoms with Gasteiger partial charge in [0.05, 0.1) is 12.3 Å². The fourth-order valence-electron chi connectivity index (χ4n) is 1.66. The number of pyridine rings is 1. The Labute approximate surface area is 131 Å². The fourth-order valence-corrected chi connectivity index (χ4v) is 2.24. The lowest BCUT2D eigenvalue weighted by Gasteiger charge is -2.08. The Bertz CT molecular complexity index is 729. The normalized spacial score (nSPS) is 10.7. The number of hydrogen-bond donors (Lipinski definition) is 1. The summed E-state index contributed by atoms with van der Waals surface area (Å²) in [5, 5.41) is 3.60. The molecule has 0 saturated heterocycles. The molecule has 0 saturated carbocycles. The van der Waals surface area contributed by atoms with Crippen LogP contribution in [0.15, 0.2) is 30.7 Å². The van der Waals surface area contributed by atoms with Crippen molar-refractivity contribution in [2.45, 2.75) is 20.0 Å². The van der Waals surface area contributed by atoms with E-state index < -0.39 is 0 Å². The van der Waals surface area contributed by atoms with Gasteiger partial charge in [0, 0.05) is 23.9 Å². The first kappa shape index (κ1) is 14.3. The van der Waals surface area contributed by atoms with E-state index in [9.17, 15) is 0 Å². The summed E-state index contributed by atoms with van der Waals surface area (Å²) in [6.45, 7) is 3.94. The van der Waals surface area contributed by atoms with E-state index >= 15 is 0 Å². The molecule has 0 aliphatic heterocycles. The van der Waals surface area contributed by atoms with E-state index in [4.69, 9.17) is 4.74 Å². The zero-order valence-corrected chi connectivity index (χ0v) is 12.8. The van der Waals surface area contributed by atoms with Gasteiger partial charge in [0.2, 0.25) is 5.13 Å². The zero-order chi connectivity index (χ0) is 15.4. The molecule has 0 aliphatic carbocycles. The monoisotopic (exact) mass is 313 g/mol. The molecule has 0 fully saturated rings. The third kappa shape index (κ3) is 3.53. The number of rotatable bonds is 5. The molecule has 111 valence electrons. The molecule has 3 aromatic heterocycles. The number of hydrogen-bond acceptors (Lipinski definition) is 8. The van der Waals surface area contributed by atoms with Crippen molar-refractivity contribution in [2.24, 2.45) is 0 Å². The Kier molecular flexibility index (Phi) is 4.19. The van der Waals surface area contributed by atoms with E-state index in [-0.39, 0.29) is 6.10 Å². The van der Waals surface area contributed by atoms with Crippen molar-refractivity contribution in [3.8, 4) is 17.3 Å². The van der Waals surface area contributed by atoms with Crippen LogP contribution in [-0.4, -0.2) is 30.4 Å². The summed E-state index contributed by atoms with van der Waals surface area (Å²) in [7, 11) is 0. The molecular weight excluding hydrogens is 300 g/mol. The van der Waals surface area contributed by atoms with Gasteiger partial charge in [-0.25, -0.2) is 15.0 Å². The zero-order valence-electron chi connectivity index (χ0n) is 12.0. The number of aromatic nitrogens is 5. The SMILES string of the molecule is CC(C)Oc1ccc(-c2nsc(Nc3[c]nccn3)n2)nc1. The molecule has 0 bridgehead atoms. The number of ether oxygens (including phenoxy) is 1. The second kappa shape index (κ2) is 6.44. The summed E-state index contributed by atoms with van der Waals surface area (Å²) in [4.78, 5) is 16.6. The van der Waals surface area contributed by atoms with Gasteiger partial charge in [-0.1, -0.05) is 0 Å². The largest absolute Gasteiger partial charge is 0.489 e. The lowest BCUT2D eigenvalue weighted by molar-refractivity contribution is 0.241. The molecule has 3 heterocycles. The maximum Gasteiger partial charge on any atom is 0.208 e. The molecule has 0 atom stereocenters. The molecule has 3 aromatic rings. The molecule has 22 heavy (non-hydrogen) atoms. The maximum atomic E-state index is 5.56. The van der Waals surface area contributed by atoms with Gasteiger partial charge < -0.3 is 10.1 Å². The summed E-state index contributed by atoms with van der Waals surface area (Å²) in [5.41, 5.74) is 0.684.